The second-order valence-corrected chi connectivity index (χ2v) is 7.50. The highest BCUT2D eigenvalue weighted by Gasteiger charge is 2.41. The Morgan fingerprint density at radius 2 is 1.75 bits per heavy atom. The van der Waals surface area contributed by atoms with Crippen molar-refractivity contribution in [3.05, 3.63) is 41.5 Å². The third kappa shape index (κ3) is 2.57. The molecule has 0 saturated heterocycles. The number of rotatable bonds is 3. The molecular formula is C16H20O3S. The smallest absolute Gasteiger partial charge is 0.188 e. The van der Waals surface area contributed by atoms with Crippen molar-refractivity contribution < 1.29 is 13.2 Å². The Labute approximate surface area is 120 Å². The first kappa shape index (κ1) is 15.0. The minimum absolute atomic E-state index is 0.127. The van der Waals surface area contributed by atoms with Crippen molar-refractivity contribution >= 4 is 15.6 Å². The molecule has 0 amide bonds. The Morgan fingerprint density at radius 1 is 1.15 bits per heavy atom. The van der Waals surface area contributed by atoms with Crippen molar-refractivity contribution in [1.29, 1.82) is 0 Å². The molecule has 1 aliphatic rings. The molecule has 0 heterocycles. The summed E-state index contributed by atoms with van der Waals surface area (Å²) in [7, 11) is -3.61. The molecule has 0 N–H and O–H groups in total. The van der Waals surface area contributed by atoms with Crippen LogP contribution < -0.4 is 0 Å². The largest absolute Gasteiger partial charge is 0.293 e. The number of carbonyl (C=O) groups excluding carboxylic acids is 1. The zero-order valence-electron chi connectivity index (χ0n) is 12.1. The highest BCUT2D eigenvalue weighted by Crippen LogP contribution is 2.32. The second kappa shape index (κ2) is 5.52. The van der Waals surface area contributed by atoms with Crippen molar-refractivity contribution in [2.75, 3.05) is 0 Å². The van der Waals surface area contributed by atoms with Gasteiger partial charge >= 0.3 is 0 Å². The number of carbonyl (C=O) groups is 1. The van der Waals surface area contributed by atoms with Gasteiger partial charge in [-0.3, -0.25) is 4.79 Å². The van der Waals surface area contributed by atoms with Crippen molar-refractivity contribution in [2.45, 2.75) is 43.8 Å². The van der Waals surface area contributed by atoms with Gasteiger partial charge in [0, 0.05) is 0 Å². The third-order valence-electron chi connectivity index (χ3n) is 4.01. The van der Waals surface area contributed by atoms with Crippen LogP contribution in [0.25, 0.3) is 0 Å². The van der Waals surface area contributed by atoms with Crippen molar-refractivity contribution in [3.63, 3.8) is 0 Å². The topological polar surface area (TPSA) is 51.2 Å². The molecule has 1 aliphatic carbocycles. The molecule has 1 aromatic carbocycles. The first-order chi connectivity index (χ1) is 9.37. The lowest BCUT2D eigenvalue weighted by Crippen LogP contribution is -2.40. The number of allylic oxidation sites excluding steroid dienone is 2. The molecule has 0 fully saturated rings. The summed E-state index contributed by atoms with van der Waals surface area (Å²) in [5.74, 6) is -0.374. The first-order valence-electron chi connectivity index (χ1n) is 6.89. The lowest BCUT2D eigenvalue weighted by Gasteiger charge is -2.28. The van der Waals surface area contributed by atoms with Crippen molar-refractivity contribution in [3.8, 4) is 0 Å². The van der Waals surface area contributed by atoms with Gasteiger partial charge in [0.2, 0.25) is 0 Å². The van der Waals surface area contributed by atoms with E-state index in [-0.39, 0.29) is 16.6 Å². The van der Waals surface area contributed by atoms with Crippen LogP contribution in [0, 0.1) is 12.8 Å². The van der Waals surface area contributed by atoms with E-state index >= 15 is 0 Å². The summed E-state index contributed by atoms with van der Waals surface area (Å²) < 4.78 is 25.6. The molecule has 2 rings (SSSR count). The zero-order chi connectivity index (χ0) is 14.9. The Hall–Kier alpha value is -1.42. The van der Waals surface area contributed by atoms with Crippen molar-refractivity contribution in [2.24, 2.45) is 5.92 Å². The molecule has 0 unspecified atom stereocenters. The highest BCUT2D eigenvalue weighted by molar-refractivity contribution is 7.92. The summed E-state index contributed by atoms with van der Waals surface area (Å²) in [4.78, 5) is 12.6. The number of hydrogen-bond donors (Lipinski definition) is 0. The van der Waals surface area contributed by atoms with E-state index in [0.717, 1.165) is 5.56 Å². The lowest BCUT2D eigenvalue weighted by molar-refractivity contribution is -0.116. The maximum Gasteiger partial charge on any atom is 0.188 e. The summed E-state index contributed by atoms with van der Waals surface area (Å²) >= 11 is 0. The van der Waals surface area contributed by atoms with Gasteiger partial charge in [0.05, 0.1) is 4.90 Å². The van der Waals surface area contributed by atoms with E-state index in [0.29, 0.717) is 18.4 Å². The van der Waals surface area contributed by atoms with Crippen molar-refractivity contribution in [1.82, 2.24) is 0 Å². The first-order valence-corrected chi connectivity index (χ1v) is 8.44. The summed E-state index contributed by atoms with van der Waals surface area (Å²) in [6, 6.07) is 6.73. The van der Waals surface area contributed by atoms with Gasteiger partial charge in [-0.05, 0) is 43.9 Å². The van der Waals surface area contributed by atoms with E-state index in [1.807, 2.05) is 19.9 Å². The molecule has 0 aliphatic heterocycles. The van der Waals surface area contributed by atoms with Gasteiger partial charge in [-0.25, -0.2) is 8.42 Å². The third-order valence-corrected chi connectivity index (χ3v) is 6.21. The minimum atomic E-state index is -3.61. The monoisotopic (exact) mass is 292 g/mol. The molecule has 0 aromatic heterocycles. The Bertz CT molecular complexity index is 639. The number of aryl methyl sites for hydroxylation is 1. The summed E-state index contributed by atoms with van der Waals surface area (Å²) in [6.45, 7) is 5.54. The minimum Gasteiger partial charge on any atom is -0.293 e. The summed E-state index contributed by atoms with van der Waals surface area (Å²) in [5, 5.41) is -0.930. The van der Waals surface area contributed by atoms with Crippen LogP contribution in [0.3, 0.4) is 0 Å². The molecule has 1 aromatic rings. The predicted molar refractivity (Wildman–Crippen MR) is 79.3 cm³/mol. The SMILES string of the molecule is CC[C@@H]1CC=C(C)C(=O)[C@H]1S(=O)(=O)c1ccc(C)cc1. The molecule has 0 saturated carbocycles. The quantitative estimate of drug-likeness (QED) is 0.860. The molecule has 2 atom stereocenters. The molecule has 0 radical (unpaired) electrons. The van der Waals surface area contributed by atoms with E-state index in [9.17, 15) is 13.2 Å². The molecule has 3 nitrogen and oxygen atoms in total. The van der Waals surface area contributed by atoms with Crippen LogP contribution in [0.2, 0.25) is 0 Å². The number of Topliss-reactive ketones (excluding diaryl/α,β-unsaturated/α-hetero) is 1. The molecule has 4 heteroatoms. The Balaban J connectivity index is 2.49. The lowest BCUT2D eigenvalue weighted by atomic mass is 9.87. The molecule has 20 heavy (non-hydrogen) atoms. The Morgan fingerprint density at radius 3 is 2.30 bits per heavy atom. The fourth-order valence-electron chi connectivity index (χ4n) is 2.64. The van der Waals surface area contributed by atoms with E-state index < -0.39 is 15.1 Å². The standard InChI is InChI=1S/C16H20O3S/c1-4-13-8-7-12(3)15(17)16(13)20(18,19)14-9-5-11(2)6-10-14/h5-7,9-10,13,16H,4,8H2,1-3H3/t13-,16+/m1/s1. The molecule has 108 valence electrons. The number of benzene rings is 1. The fourth-order valence-corrected chi connectivity index (χ4v) is 4.73. The normalized spacial score (nSPS) is 23.6. The van der Waals surface area contributed by atoms with Crippen LogP contribution >= 0.6 is 0 Å². The summed E-state index contributed by atoms with van der Waals surface area (Å²) in [6.07, 6.45) is 3.20. The number of hydrogen-bond acceptors (Lipinski definition) is 3. The Kier molecular flexibility index (Phi) is 4.14. The van der Waals surface area contributed by atoms with E-state index in [4.69, 9.17) is 0 Å². The average Bonchev–Trinajstić information content (AvgIpc) is 2.41. The zero-order valence-corrected chi connectivity index (χ0v) is 12.9. The fraction of sp³-hybridized carbons (Fsp3) is 0.438. The molecule has 0 spiro atoms. The maximum absolute atomic E-state index is 12.8. The molecule has 0 bridgehead atoms. The highest BCUT2D eigenvalue weighted by atomic mass is 32.2. The number of sulfone groups is 1. The van der Waals surface area contributed by atoms with Crippen LogP contribution in [0.1, 0.15) is 32.3 Å². The van der Waals surface area contributed by atoms with Crippen LogP contribution in [0.5, 0.6) is 0 Å². The van der Waals surface area contributed by atoms with Gasteiger partial charge in [-0.15, -0.1) is 0 Å². The molecular weight excluding hydrogens is 272 g/mol. The van der Waals surface area contributed by atoms with Gasteiger partial charge in [-0.2, -0.15) is 0 Å². The van der Waals surface area contributed by atoms with E-state index in [1.54, 1.807) is 31.2 Å². The van der Waals surface area contributed by atoms with Crippen LogP contribution in [0.4, 0.5) is 0 Å². The summed E-state index contributed by atoms with van der Waals surface area (Å²) in [5.41, 5.74) is 1.57. The maximum atomic E-state index is 12.8. The van der Waals surface area contributed by atoms with Gasteiger partial charge in [0.25, 0.3) is 0 Å². The number of ketones is 1. The van der Waals surface area contributed by atoms with Crippen LogP contribution in [0.15, 0.2) is 40.8 Å². The van der Waals surface area contributed by atoms with E-state index in [1.165, 1.54) is 0 Å². The predicted octanol–water partition coefficient (Wildman–Crippen LogP) is 3.08. The second-order valence-electron chi connectivity index (χ2n) is 5.43. The van der Waals surface area contributed by atoms with E-state index in [2.05, 4.69) is 0 Å². The van der Waals surface area contributed by atoms with Gasteiger partial charge in [-0.1, -0.05) is 37.1 Å². The average molecular weight is 292 g/mol. The van der Waals surface area contributed by atoms with Crippen LogP contribution in [-0.4, -0.2) is 19.5 Å². The van der Waals surface area contributed by atoms with Crippen LogP contribution in [-0.2, 0) is 14.6 Å². The van der Waals surface area contributed by atoms with Gasteiger partial charge < -0.3 is 0 Å². The van der Waals surface area contributed by atoms with Gasteiger partial charge in [0.1, 0.15) is 5.25 Å². The van der Waals surface area contributed by atoms with Gasteiger partial charge in [0.15, 0.2) is 15.6 Å².